The molecule has 5 heteroatoms. The third kappa shape index (κ3) is 0.827. The molecular weight excluding hydrogens is 166 g/mol. The molecule has 1 N–H and O–H groups in total. The Balaban J connectivity index is 2.87. The van der Waals surface area contributed by atoms with Crippen LogP contribution >= 0.6 is 0 Å². The Morgan fingerprint density at radius 1 is 1.25 bits per heavy atom. The van der Waals surface area contributed by atoms with Gasteiger partial charge < -0.3 is 5.21 Å². The van der Waals surface area contributed by atoms with Crippen molar-refractivity contribution in [2.75, 3.05) is 0 Å². The molecule has 0 saturated heterocycles. The lowest BCUT2D eigenvalue weighted by Crippen LogP contribution is -1.88. The zero-order valence-corrected chi connectivity index (χ0v) is 5.83. The first kappa shape index (κ1) is 7.02. The fraction of sp³-hybridized carbons (Fsp3) is 0. The van der Waals surface area contributed by atoms with Crippen molar-refractivity contribution in [3.05, 3.63) is 30.1 Å². The highest BCUT2D eigenvalue weighted by molar-refractivity contribution is 5.74. The normalized spacial score (nSPS) is 10.8. The van der Waals surface area contributed by atoms with Gasteiger partial charge in [0.05, 0.1) is 5.52 Å². The lowest BCUT2D eigenvalue weighted by molar-refractivity contribution is 0.198. The number of rotatable bonds is 0. The smallest absolute Gasteiger partial charge is 0.161 e. The van der Waals surface area contributed by atoms with Crippen LogP contribution in [0.2, 0.25) is 0 Å². The molecule has 0 aliphatic rings. The average Bonchev–Trinajstić information content (AvgIpc) is 2.35. The predicted molar refractivity (Wildman–Crippen MR) is 36.8 cm³/mol. The van der Waals surface area contributed by atoms with E-state index < -0.39 is 11.6 Å². The Bertz CT molecular complexity index is 438. The van der Waals surface area contributed by atoms with E-state index in [9.17, 15) is 8.78 Å². The topological polar surface area (TPSA) is 38.0 Å². The number of halogens is 2. The Morgan fingerprint density at radius 3 is 2.67 bits per heavy atom. The molecular formula is C7H4F2N2O. The second-order valence-corrected chi connectivity index (χ2v) is 2.34. The van der Waals surface area contributed by atoms with Gasteiger partial charge in [-0.05, 0) is 0 Å². The third-order valence-electron chi connectivity index (χ3n) is 1.57. The van der Waals surface area contributed by atoms with Gasteiger partial charge in [-0.15, -0.1) is 0 Å². The molecule has 2 rings (SSSR count). The molecule has 0 radical (unpaired) electrons. The summed E-state index contributed by atoms with van der Waals surface area (Å²) < 4.78 is 25.8. The molecule has 1 aromatic heterocycles. The summed E-state index contributed by atoms with van der Waals surface area (Å²) in [7, 11) is 0. The van der Waals surface area contributed by atoms with Crippen molar-refractivity contribution >= 4 is 11.0 Å². The molecule has 0 aliphatic heterocycles. The summed E-state index contributed by atoms with van der Waals surface area (Å²) in [6, 6.07) is 1.81. The minimum Gasteiger partial charge on any atom is -0.427 e. The third-order valence-corrected chi connectivity index (χ3v) is 1.57. The quantitative estimate of drug-likeness (QED) is 0.609. The van der Waals surface area contributed by atoms with Gasteiger partial charge >= 0.3 is 0 Å². The number of fused-ring (bicyclic) bond motifs is 1. The van der Waals surface area contributed by atoms with Crippen LogP contribution in [0, 0.1) is 11.6 Å². The highest BCUT2D eigenvalue weighted by Gasteiger charge is 2.07. The minimum atomic E-state index is -1.00. The Hall–Kier alpha value is -1.65. The van der Waals surface area contributed by atoms with Gasteiger partial charge in [-0.25, -0.2) is 13.8 Å². The lowest BCUT2D eigenvalue weighted by atomic mass is 10.3. The van der Waals surface area contributed by atoms with Crippen molar-refractivity contribution in [1.29, 1.82) is 0 Å². The summed E-state index contributed by atoms with van der Waals surface area (Å²) in [6.07, 6.45) is 1.07. The van der Waals surface area contributed by atoms with Crippen LogP contribution in [-0.4, -0.2) is 14.9 Å². The van der Waals surface area contributed by atoms with Gasteiger partial charge in [0.2, 0.25) is 0 Å². The first-order valence-corrected chi connectivity index (χ1v) is 3.20. The van der Waals surface area contributed by atoms with Crippen LogP contribution in [0.5, 0.6) is 0 Å². The predicted octanol–water partition coefficient (Wildman–Crippen LogP) is 1.55. The number of imidazole rings is 1. The van der Waals surface area contributed by atoms with Gasteiger partial charge in [-0.3, -0.25) is 0 Å². The lowest BCUT2D eigenvalue weighted by Gasteiger charge is -1.93. The second kappa shape index (κ2) is 2.17. The Labute approximate surface area is 65.8 Å². The van der Waals surface area contributed by atoms with Crippen LogP contribution in [0.4, 0.5) is 8.78 Å². The highest BCUT2D eigenvalue weighted by atomic mass is 19.2. The van der Waals surface area contributed by atoms with Crippen molar-refractivity contribution in [3.8, 4) is 0 Å². The summed E-state index contributed by atoms with van der Waals surface area (Å²) in [5.41, 5.74) is 0.366. The number of hydrogen-bond acceptors (Lipinski definition) is 2. The van der Waals surface area contributed by atoms with Crippen molar-refractivity contribution in [2.45, 2.75) is 0 Å². The molecule has 12 heavy (non-hydrogen) atoms. The Kier molecular flexibility index (Phi) is 1.27. The average molecular weight is 170 g/mol. The molecule has 0 unspecified atom stereocenters. The molecule has 2 aromatic rings. The minimum absolute atomic E-state index is 0.147. The first-order valence-electron chi connectivity index (χ1n) is 3.20. The van der Waals surface area contributed by atoms with E-state index >= 15 is 0 Å². The van der Waals surface area contributed by atoms with Crippen LogP contribution in [0.1, 0.15) is 0 Å². The monoisotopic (exact) mass is 170 g/mol. The summed E-state index contributed by atoms with van der Waals surface area (Å²) in [4.78, 5) is 3.63. The maximum absolute atomic E-state index is 12.6. The largest absolute Gasteiger partial charge is 0.427 e. The molecule has 62 valence electrons. The zero-order valence-electron chi connectivity index (χ0n) is 5.83. The maximum Gasteiger partial charge on any atom is 0.161 e. The van der Waals surface area contributed by atoms with Crippen LogP contribution < -0.4 is 0 Å². The summed E-state index contributed by atoms with van der Waals surface area (Å²) in [5.74, 6) is -1.97. The summed E-state index contributed by atoms with van der Waals surface area (Å²) in [6.45, 7) is 0. The first-order chi connectivity index (χ1) is 5.68. The van der Waals surface area contributed by atoms with Crippen molar-refractivity contribution in [2.24, 2.45) is 0 Å². The van der Waals surface area contributed by atoms with E-state index in [0.717, 1.165) is 18.5 Å². The van der Waals surface area contributed by atoms with Gasteiger partial charge in [0.25, 0.3) is 0 Å². The molecule has 0 saturated carbocycles. The molecule has 0 spiro atoms. The highest BCUT2D eigenvalue weighted by Crippen LogP contribution is 2.15. The van der Waals surface area contributed by atoms with E-state index in [4.69, 9.17) is 5.21 Å². The molecule has 0 atom stereocenters. The van der Waals surface area contributed by atoms with Crippen molar-refractivity contribution < 1.29 is 14.0 Å². The van der Waals surface area contributed by atoms with E-state index in [1.807, 2.05) is 0 Å². The maximum atomic E-state index is 12.6. The van der Waals surface area contributed by atoms with Crippen molar-refractivity contribution in [3.63, 3.8) is 0 Å². The van der Waals surface area contributed by atoms with Gasteiger partial charge in [-0.2, -0.15) is 4.73 Å². The van der Waals surface area contributed by atoms with E-state index in [1.54, 1.807) is 0 Å². The van der Waals surface area contributed by atoms with Gasteiger partial charge in [0.15, 0.2) is 11.6 Å². The number of benzene rings is 1. The second-order valence-electron chi connectivity index (χ2n) is 2.34. The zero-order chi connectivity index (χ0) is 8.72. The molecule has 0 fully saturated rings. The van der Waals surface area contributed by atoms with Gasteiger partial charge in [0, 0.05) is 12.1 Å². The fourth-order valence-electron chi connectivity index (χ4n) is 0.992. The molecule has 1 heterocycles. The van der Waals surface area contributed by atoms with Crippen LogP contribution in [0.15, 0.2) is 18.5 Å². The summed E-state index contributed by atoms with van der Waals surface area (Å²) >= 11 is 0. The molecule has 0 aliphatic carbocycles. The van der Waals surface area contributed by atoms with Crippen LogP contribution in [0.3, 0.4) is 0 Å². The number of aromatic nitrogens is 2. The van der Waals surface area contributed by atoms with Gasteiger partial charge in [0.1, 0.15) is 11.8 Å². The van der Waals surface area contributed by atoms with E-state index in [2.05, 4.69) is 4.98 Å². The van der Waals surface area contributed by atoms with Crippen LogP contribution in [0.25, 0.3) is 11.0 Å². The van der Waals surface area contributed by atoms with E-state index in [-0.39, 0.29) is 11.0 Å². The standard InChI is InChI=1S/C7H4F2N2O/c8-4-1-6-7(2-5(4)9)11(12)3-10-6/h1-3,12H. The van der Waals surface area contributed by atoms with Crippen LogP contribution in [-0.2, 0) is 0 Å². The Morgan fingerprint density at radius 2 is 1.92 bits per heavy atom. The molecule has 0 bridgehead atoms. The fourth-order valence-corrected chi connectivity index (χ4v) is 0.992. The van der Waals surface area contributed by atoms with Crippen molar-refractivity contribution in [1.82, 2.24) is 9.71 Å². The number of nitrogens with zero attached hydrogens (tertiary/aromatic N) is 2. The SMILES string of the molecule is On1cnc2cc(F)c(F)cc21. The van der Waals surface area contributed by atoms with Gasteiger partial charge in [-0.1, -0.05) is 0 Å². The van der Waals surface area contributed by atoms with E-state index in [1.165, 1.54) is 0 Å². The summed E-state index contributed by atoms with van der Waals surface area (Å²) in [5, 5.41) is 8.99. The molecule has 1 aromatic carbocycles. The number of hydrogen-bond donors (Lipinski definition) is 1. The molecule has 3 nitrogen and oxygen atoms in total. The molecule has 0 amide bonds. The van der Waals surface area contributed by atoms with E-state index in [0.29, 0.717) is 4.73 Å².